The predicted octanol–water partition coefficient (Wildman–Crippen LogP) is 2.35. The molecule has 15 heavy (non-hydrogen) atoms. The zero-order valence-corrected chi connectivity index (χ0v) is 8.77. The second-order valence-electron chi connectivity index (χ2n) is 4.46. The maximum absolute atomic E-state index is 11.7. The Hall–Kier alpha value is -1.31. The van der Waals surface area contributed by atoms with Crippen molar-refractivity contribution in [2.75, 3.05) is 6.61 Å². The summed E-state index contributed by atoms with van der Waals surface area (Å²) in [6.45, 7) is 2.36. The van der Waals surface area contributed by atoms with Crippen LogP contribution < -0.4 is 0 Å². The molecule has 2 saturated carbocycles. The molecule has 2 heteroatoms. The van der Waals surface area contributed by atoms with Gasteiger partial charge in [-0.15, -0.1) is 0 Å². The molecule has 2 aliphatic carbocycles. The molecule has 0 aromatic heterocycles. The quantitative estimate of drug-likeness (QED) is 0.703. The fraction of sp³-hybridized carbons (Fsp3) is 0.462. The number of esters is 1. The number of hydrogen-bond donors (Lipinski definition) is 0. The van der Waals surface area contributed by atoms with Crippen molar-refractivity contribution in [2.24, 2.45) is 11.3 Å². The Labute approximate surface area is 89.2 Å². The minimum Gasteiger partial charge on any atom is -0.466 e. The van der Waals surface area contributed by atoms with Crippen molar-refractivity contribution in [3.63, 3.8) is 0 Å². The molecular formula is C13H14O2. The van der Waals surface area contributed by atoms with Gasteiger partial charge < -0.3 is 4.74 Å². The maximum atomic E-state index is 11.7. The Morgan fingerprint density at radius 2 is 2.20 bits per heavy atom. The average Bonchev–Trinajstić information content (AvgIpc) is 3.07. The van der Waals surface area contributed by atoms with Crippen LogP contribution in [0.4, 0.5) is 0 Å². The van der Waals surface area contributed by atoms with E-state index in [-0.39, 0.29) is 11.4 Å². The summed E-state index contributed by atoms with van der Waals surface area (Å²) in [4.78, 5) is 11.7. The molecule has 0 amide bonds. The standard InChI is InChI=1S/C13H14O2/c1-2-15-12(14)13-8-10(13)11(13)9-6-4-3-5-7-9/h3-7,10-11H,2,8H2,1H3/t10-,11-,13+/m0/s1. The van der Waals surface area contributed by atoms with Gasteiger partial charge in [-0.3, -0.25) is 4.79 Å². The lowest BCUT2D eigenvalue weighted by Crippen LogP contribution is -2.15. The largest absolute Gasteiger partial charge is 0.466 e. The van der Waals surface area contributed by atoms with Crippen LogP contribution >= 0.6 is 0 Å². The van der Waals surface area contributed by atoms with Crippen molar-refractivity contribution in [3.8, 4) is 0 Å². The van der Waals surface area contributed by atoms with E-state index in [4.69, 9.17) is 4.74 Å². The van der Waals surface area contributed by atoms with Gasteiger partial charge in [0.2, 0.25) is 0 Å². The van der Waals surface area contributed by atoms with Gasteiger partial charge in [0.05, 0.1) is 12.0 Å². The van der Waals surface area contributed by atoms with Crippen LogP contribution in [0.1, 0.15) is 24.8 Å². The lowest BCUT2D eigenvalue weighted by Gasteiger charge is -2.10. The lowest BCUT2D eigenvalue weighted by molar-refractivity contribution is -0.147. The minimum atomic E-state index is -0.114. The highest BCUT2D eigenvalue weighted by molar-refractivity contribution is 5.88. The van der Waals surface area contributed by atoms with Crippen LogP contribution in [0.15, 0.2) is 30.3 Å². The molecule has 0 N–H and O–H groups in total. The summed E-state index contributed by atoms with van der Waals surface area (Å²) in [5.74, 6) is 1.03. The van der Waals surface area contributed by atoms with Crippen LogP contribution in [0, 0.1) is 11.3 Å². The zero-order chi connectivity index (χ0) is 10.5. The molecule has 1 aromatic rings. The maximum Gasteiger partial charge on any atom is 0.313 e. The van der Waals surface area contributed by atoms with Crippen molar-refractivity contribution in [1.82, 2.24) is 0 Å². The molecule has 78 valence electrons. The monoisotopic (exact) mass is 202 g/mol. The Bertz CT molecular complexity index is 398. The van der Waals surface area contributed by atoms with E-state index in [1.165, 1.54) is 5.56 Å². The smallest absolute Gasteiger partial charge is 0.313 e. The highest BCUT2D eigenvalue weighted by Gasteiger charge is 2.84. The minimum absolute atomic E-state index is 0.0175. The average molecular weight is 202 g/mol. The zero-order valence-electron chi connectivity index (χ0n) is 8.77. The number of hydrogen-bond acceptors (Lipinski definition) is 2. The third-order valence-corrected chi connectivity index (χ3v) is 3.72. The van der Waals surface area contributed by atoms with Crippen molar-refractivity contribution in [1.29, 1.82) is 0 Å². The first-order valence-corrected chi connectivity index (χ1v) is 5.53. The fourth-order valence-corrected chi connectivity index (χ4v) is 2.73. The molecule has 2 fully saturated rings. The van der Waals surface area contributed by atoms with Gasteiger partial charge >= 0.3 is 5.97 Å². The van der Waals surface area contributed by atoms with E-state index in [0.29, 0.717) is 18.4 Å². The summed E-state index contributed by atoms with van der Waals surface area (Å²) in [6, 6.07) is 10.3. The summed E-state index contributed by atoms with van der Waals surface area (Å²) in [5.41, 5.74) is 1.18. The number of carbonyl (C=O) groups excluding carboxylic acids is 1. The van der Waals surface area contributed by atoms with E-state index in [1.807, 2.05) is 25.1 Å². The molecule has 1 aromatic carbocycles. The van der Waals surface area contributed by atoms with Gasteiger partial charge in [0.1, 0.15) is 0 Å². The van der Waals surface area contributed by atoms with Crippen LogP contribution in [0.5, 0.6) is 0 Å². The molecule has 0 spiro atoms. The van der Waals surface area contributed by atoms with E-state index in [9.17, 15) is 4.79 Å². The number of benzene rings is 1. The van der Waals surface area contributed by atoms with Crippen molar-refractivity contribution in [3.05, 3.63) is 35.9 Å². The second kappa shape index (κ2) is 2.84. The molecule has 0 unspecified atom stereocenters. The van der Waals surface area contributed by atoms with Gasteiger partial charge in [-0.25, -0.2) is 0 Å². The van der Waals surface area contributed by atoms with Crippen molar-refractivity contribution < 1.29 is 9.53 Å². The third-order valence-electron chi connectivity index (χ3n) is 3.72. The molecular weight excluding hydrogens is 188 g/mol. The van der Waals surface area contributed by atoms with Gasteiger partial charge in [0.25, 0.3) is 0 Å². The summed E-state index contributed by atoms with van der Waals surface area (Å²) in [6.07, 6.45) is 1.03. The first-order chi connectivity index (χ1) is 7.30. The summed E-state index contributed by atoms with van der Waals surface area (Å²) in [5, 5.41) is 0. The fourth-order valence-electron chi connectivity index (χ4n) is 2.73. The molecule has 0 heterocycles. The highest BCUT2D eigenvalue weighted by Crippen LogP contribution is 2.84. The van der Waals surface area contributed by atoms with Gasteiger partial charge in [-0.2, -0.15) is 0 Å². The molecule has 0 bridgehead atoms. The molecule has 3 atom stereocenters. The number of carbonyl (C=O) groups is 1. The van der Waals surface area contributed by atoms with Crippen LogP contribution in [-0.2, 0) is 9.53 Å². The predicted molar refractivity (Wildman–Crippen MR) is 56.4 cm³/mol. The molecule has 0 radical (unpaired) electrons. The first-order valence-electron chi connectivity index (χ1n) is 5.53. The molecule has 2 aliphatic rings. The topological polar surface area (TPSA) is 26.3 Å². The van der Waals surface area contributed by atoms with Gasteiger partial charge in [-0.05, 0) is 24.8 Å². The van der Waals surface area contributed by atoms with Crippen LogP contribution in [0.3, 0.4) is 0 Å². The Kier molecular flexibility index (Phi) is 1.70. The number of ether oxygens (including phenoxy) is 1. The highest BCUT2D eigenvalue weighted by atomic mass is 16.5. The van der Waals surface area contributed by atoms with Crippen LogP contribution in [0.25, 0.3) is 0 Å². The lowest BCUT2D eigenvalue weighted by atomic mass is 9.97. The summed E-state index contributed by atoms with van der Waals surface area (Å²) in [7, 11) is 0. The van der Waals surface area contributed by atoms with Crippen molar-refractivity contribution >= 4 is 5.97 Å². The van der Waals surface area contributed by atoms with Crippen LogP contribution in [0.2, 0.25) is 0 Å². The molecule has 0 saturated heterocycles. The van der Waals surface area contributed by atoms with Gasteiger partial charge in [0.15, 0.2) is 0 Å². The SMILES string of the molecule is CCOC(=O)[C@]12C[C@H]1[C@@H]2c1ccccc1. The molecule has 3 rings (SSSR count). The van der Waals surface area contributed by atoms with E-state index >= 15 is 0 Å². The number of fused-ring (bicyclic) bond motifs is 1. The Morgan fingerprint density at radius 3 is 2.80 bits per heavy atom. The summed E-state index contributed by atoms with van der Waals surface area (Å²) >= 11 is 0. The normalized spacial score (nSPS) is 35.5. The van der Waals surface area contributed by atoms with E-state index in [1.54, 1.807) is 0 Å². The Balaban J connectivity index is 1.77. The van der Waals surface area contributed by atoms with E-state index in [2.05, 4.69) is 12.1 Å². The van der Waals surface area contributed by atoms with Crippen molar-refractivity contribution in [2.45, 2.75) is 19.3 Å². The first kappa shape index (κ1) is 8.96. The molecule has 0 aliphatic heterocycles. The number of rotatable bonds is 3. The third kappa shape index (κ3) is 1.08. The van der Waals surface area contributed by atoms with Gasteiger partial charge in [-0.1, -0.05) is 30.3 Å². The van der Waals surface area contributed by atoms with Crippen LogP contribution in [-0.4, -0.2) is 12.6 Å². The van der Waals surface area contributed by atoms with Gasteiger partial charge in [0, 0.05) is 5.92 Å². The summed E-state index contributed by atoms with van der Waals surface area (Å²) < 4.78 is 5.12. The Morgan fingerprint density at radius 1 is 1.47 bits per heavy atom. The second-order valence-corrected chi connectivity index (χ2v) is 4.46. The molecule has 2 nitrogen and oxygen atoms in total. The van der Waals surface area contributed by atoms with E-state index in [0.717, 1.165) is 6.42 Å². The van der Waals surface area contributed by atoms with E-state index < -0.39 is 0 Å².